The highest BCUT2D eigenvalue weighted by atomic mass is 16.5. The van der Waals surface area contributed by atoms with E-state index in [1.54, 1.807) is 7.05 Å². The summed E-state index contributed by atoms with van der Waals surface area (Å²) in [4.78, 5) is 69.4. The molecule has 0 aliphatic rings. The molecule has 0 saturated heterocycles. The monoisotopic (exact) mass is 619 g/mol. The van der Waals surface area contributed by atoms with Crippen LogP contribution >= 0.6 is 0 Å². The van der Waals surface area contributed by atoms with Gasteiger partial charge in [0.2, 0.25) is 23.6 Å². The number of carbonyl (C=O) groups excluding carboxylic acids is 5. The number of nitrogens with one attached hydrogen (secondary N) is 5. The third-order valence-corrected chi connectivity index (χ3v) is 5.45. The fourth-order valence-electron chi connectivity index (χ4n) is 3.28. The first-order chi connectivity index (χ1) is 20.6. The van der Waals surface area contributed by atoms with Gasteiger partial charge in [-0.25, -0.2) is 4.79 Å². The van der Waals surface area contributed by atoms with E-state index >= 15 is 0 Å². The molecule has 0 saturated carbocycles. The molecular formula is C27H49N5O11. The third-order valence-electron chi connectivity index (χ3n) is 5.45. The quantitative estimate of drug-likeness (QED) is 0.0507. The van der Waals surface area contributed by atoms with Crippen LogP contribution in [0.2, 0.25) is 0 Å². The van der Waals surface area contributed by atoms with Gasteiger partial charge in [-0.15, -0.1) is 0 Å². The van der Waals surface area contributed by atoms with E-state index in [2.05, 4.69) is 26.6 Å². The number of ketones is 1. The number of rotatable bonds is 29. The van der Waals surface area contributed by atoms with Crippen LogP contribution in [0.25, 0.3) is 0 Å². The Balaban J connectivity index is 3.65. The summed E-state index contributed by atoms with van der Waals surface area (Å²) < 4.78 is 20.9. The van der Waals surface area contributed by atoms with Gasteiger partial charge in [-0.3, -0.25) is 24.0 Å². The molecule has 0 radical (unpaired) electrons. The van der Waals surface area contributed by atoms with Gasteiger partial charge in [0.05, 0.1) is 39.6 Å². The van der Waals surface area contributed by atoms with Crippen LogP contribution in [-0.2, 0) is 47.7 Å². The van der Waals surface area contributed by atoms with E-state index in [1.807, 2.05) is 0 Å². The largest absolute Gasteiger partial charge is 0.480 e. The minimum absolute atomic E-state index is 0.0327. The first-order valence-corrected chi connectivity index (χ1v) is 14.4. The number of carboxylic acid groups (broad SMARTS) is 1. The van der Waals surface area contributed by atoms with Crippen LogP contribution in [0.3, 0.4) is 0 Å². The van der Waals surface area contributed by atoms with Crippen LogP contribution in [0.4, 0.5) is 0 Å². The number of hydrogen-bond acceptors (Lipinski definition) is 11. The van der Waals surface area contributed by atoms with Gasteiger partial charge < -0.3 is 50.6 Å². The van der Waals surface area contributed by atoms with Crippen molar-refractivity contribution in [3.05, 3.63) is 0 Å². The molecule has 43 heavy (non-hydrogen) atoms. The van der Waals surface area contributed by atoms with E-state index in [0.717, 1.165) is 0 Å². The van der Waals surface area contributed by atoms with Gasteiger partial charge in [0.1, 0.15) is 19.3 Å². The van der Waals surface area contributed by atoms with Crippen LogP contribution in [0, 0.1) is 0 Å². The molecule has 0 aliphatic carbocycles. The molecule has 0 fully saturated rings. The zero-order valence-corrected chi connectivity index (χ0v) is 25.3. The Kier molecular flexibility index (Phi) is 25.6. The maximum atomic E-state index is 12.0. The molecule has 0 unspecified atom stereocenters. The second kappa shape index (κ2) is 27.6. The summed E-state index contributed by atoms with van der Waals surface area (Å²) in [5, 5.41) is 22.6. The standard InChI is InChI=1S/C27H49N5O11/c1-21(33)19-42-17-15-41-14-12-31-26(37)20-43-18-16-40-13-11-30-23(34)5-4-10-29-24(35)8-7-22(27(38)39)32-25(36)6-3-9-28-2/h22,28H,3-20H2,1-2H3,(H,29,35)(H,30,34)(H,31,37)(H,32,36)(H,38,39)/t22-/m0/s1. The number of Topliss-reactive ketones (excluding diaryl/α,β-unsaturated/α-hetero) is 1. The Labute approximate surface area is 252 Å². The van der Waals surface area contributed by atoms with Crippen LogP contribution < -0.4 is 26.6 Å². The van der Waals surface area contributed by atoms with Crippen LogP contribution in [0.15, 0.2) is 0 Å². The molecule has 0 spiro atoms. The molecule has 248 valence electrons. The minimum atomic E-state index is -1.20. The van der Waals surface area contributed by atoms with Crippen molar-refractivity contribution in [3.8, 4) is 0 Å². The molecule has 4 amide bonds. The van der Waals surface area contributed by atoms with Crippen LogP contribution in [0.1, 0.15) is 45.4 Å². The fraction of sp³-hybridized carbons (Fsp3) is 0.778. The third kappa shape index (κ3) is 27.4. The molecule has 0 aromatic carbocycles. The van der Waals surface area contributed by atoms with E-state index in [-0.39, 0.29) is 94.7 Å². The van der Waals surface area contributed by atoms with Crippen molar-refractivity contribution in [2.45, 2.75) is 51.5 Å². The van der Waals surface area contributed by atoms with Crippen molar-refractivity contribution in [1.29, 1.82) is 0 Å². The Morgan fingerprint density at radius 1 is 0.605 bits per heavy atom. The fourth-order valence-corrected chi connectivity index (χ4v) is 3.28. The van der Waals surface area contributed by atoms with Crippen LogP contribution in [-0.4, -0.2) is 133 Å². The van der Waals surface area contributed by atoms with Gasteiger partial charge in [-0.1, -0.05) is 0 Å². The Bertz CT molecular complexity index is 829. The molecular weight excluding hydrogens is 570 g/mol. The summed E-state index contributed by atoms with van der Waals surface area (Å²) in [6.07, 6.45) is 1.27. The van der Waals surface area contributed by atoms with Gasteiger partial charge in [-0.05, 0) is 39.8 Å². The zero-order chi connectivity index (χ0) is 32.1. The van der Waals surface area contributed by atoms with Gasteiger partial charge in [-0.2, -0.15) is 0 Å². The number of hydrogen-bond donors (Lipinski definition) is 6. The first kappa shape index (κ1) is 39.8. The number of aliphatic carboxylic acids is 1. The number of carbonyl (C=O) groups is 6. The molecule has 16 heteroatoms. The van der Waals surface area contributed by atoms with E-state index in [1.165, 1.54) is 6.92 Å². The predicted molar refractivity (Wildman–Crippen MR) is 154 cm³/mol. The molecule has 0 rings (SSSR count). The molecule has 1 atom stereocenters. The van der Waals surface area contributed by atoms with Gasteiger partial charge >= 0.3 is 5.97 Å². The maximum Gasteiger partial charge on any atom is 0.326 e. The average molecular weight is 620 g/mol. The van der Waals surface area contributed by atoms with E-state index in [0.29, 0.717) is 52.3 Å². The van der Waals surface area contributed by atoms with Crippen molar-refractivity contribution in [2.24, 2.45) is 0 Å². The van der Waals surface area contributed by atoms with Crippen molar-refractivity contribution in [1.82, 2.24) is 26.6 Å². The Morgan fingerprint density at radius 3 is 1.72 bits per heavy atom. The SMILES string of the molecule is CNCCCC(=O)N[C@@H](CCC(=O)NCCCC(=O)NCCOCCOCC(=O)NCCOCCOCC(C)=O)C(=O)O. The highest BCUT2D eigenvalue weighted by Gasteiger charge is 2.20. The summed E-state index contributed by atoms with van der Waals surface area (Å²) in [5.41, 5.74) is 0. The topological polar surface area (TPSA) is 220 Å². The summed E-state index contributed by atoms with van der Waals surface area (Å²) in [6.45, 7) is 4.57. The van der Waals surface area contributed by atoms with Crippen molar-refractivity contribution in [3.63, 3.8) is 0 Å². The molecule has 0 bridgehead atoms. The lowest BCUT2D eigenvalue weighted by Gasteiger charge is -2.14. The zero-order valence-electron chi connectivity index (χ0n) is 25.3. The average Bonchev–Trinajstić information content (AvgIpc) is 2.95. The van der Waals surface area contributed by atoms with Gasteiger partial charge in [0.15, 0.2) is 5.78 Å². The van der Waals surface area contributed by atoms with Crippen molar-refractivity contribution >= 4 is 35.4 Å². The predicted octanol–water partition coefficient (Wildman–Crippen LogP) is -1.88. The highest BCUT2D eigenvalue weighted by Crippen LogP contribution is 2.00. The number of carboxylic acids is 1. The van der Waals surface area contributed by atoms with E-state index in [4.69, 9.17) is 18.9 Å². The molecule has 0 aromatic rings. The normalized spacial score (nSPS) is 11.4. The van der Waals surface area contributed by atoms with Gasteiger partial charge in [0, 0.05) is 38.9 Å². The summed E-state index contributed by atoms with van der Waals surface area (Å²) in [7, 11) is 1.76. The lowest BCUT2D eigenvalue weighted by Crippen LogP contribution is -2.41. The number of ether oxygens (including phenoxy) is 4. The molecule has 6 N–H and O–H groups in total. The van der Waals surface area contributed by atoms with Crippen molar-refractivity contribution in [2.75, 3.05) is 86.1 Å². The number of amides is 4. The lowest BCUT2D eigenvalue weighted by atomic mass is 10.1. The molecule has 0 aliphatic heterocycles. The smallest absolute Gasteiger partial charge is 0.326 e. The maximum absolute atomic E-state index is 12.0. The minimum Gasteiger partial charge on any atom is -0.480 e. The van der Waals surface area contributed by atoms with E-state index in [9.17, 15) is 33.9 Å². The Hall–Kier alpha value is -3.18. The Morgan fingerprint density at radius 2 is 1.12 bits per heavy atom. The van der Waals surface area contributed by atoms with E-state index < -0.39 is 12.0 Å². The summed E-state index contributed by atoms with van der Waals surface area (Å²) in [6, 6.07) is -1.14. The summed E-state index contributed by atoms with van der Waals surface area (Å²) >= 11 is 0. The second-order valence-corrected chi connectivity index (χ2v) is 9.39. The molecule has 0 aromatic heterocycles. The van der Waals surface area contributed by atoms with Gasteiger partial charge in [0.25, 0.3) is 0 Å². The lowest BCUT2D eigenvalue weighted by molar-refractivity contribution is -0.142. The molecule has 0 heterocycles. The first-order valence-electron chi connectivity index (χ1n) is 14.4. The van der Waals surface area contributed by atoms with Crippen molar-refractivity contribution < 1.29 is 52.8 Å². The molecule has 16 nitrogen and oxygen atoms in total. The summed E-state index contributed by atoms with van der Waals surface area (Å²) in [5.74, 6) is -2.48. The van der Waals surface area contributed by atoms with Crippen LogP contribution in [0.5, 0.6) is 0 Å². The second-order valence-electron chi connectivity index (χ2n) is 9.39. The highest BCUT2D eigenvalue weighted by molar-refractivity contribution is 5.84.